The Balaban J connectivity index is 1.90. The topological polar surface area (TPSA) is 75.7 Å². The largest absolute Gasteiger partial charge is 0.484 e. The lowest BCUT2D eigenvalue weighted by Crippen LogP contribution is -2.27. The van der Waals surface area contributed by atoms with Crippen LogP contribution in [0, 0.1) is 0 Å². The minimum atomic E-state index is -3.57. The molecule has 2 aromatic rings. The number of nitrogens with zero attached hydrogens (tertiary/aromatic N) is 1. The van der Waals surface area contributed by atoms with Crippen LogP contribution in [0.5, 0.6) is 5.75 Å². The predicted octanol–water partition coefficient (Wildman–Crippen LogP) is 1.67. The lowest BCUT2D eigenvalue weighted by molar-refractivity contribution is -0.130. The molecule has 0 atom stereocenters. The molecule has 1 amide bonds. The van der Waals surface area contributed by atoms with Crippen molar-refractivity contribution in [2.24, 2.45) is 0 Å². The van der Waals surface area contributed by atoms with Crippen LogP contribution < -0.4 is 9.46 Å². The summed E-state index contributed by atoms with van der Waals surface area (Å²) in [5.41, 5.74) is 1.07. The monoisotopic (exact) mass is 362 g/mol. The van der Waals surface area contributed by atoms with Crippen LogP contribution in [0.2, 0.25) is 0 Å². The number of carbonyl (C=O) groups is 1. The van der Waals surface area contributed by atoms with E-state index in [1.165, 1.54) is 29.2 Å². The number of hydrogen-bond acceptors (Lipinski definition) is 4. The van der Waals surface area contributed by atoms with E-state index in [2.05, 4.69) is 4.72 Å². The third kappa shape index (κ3) is 5.88. The number of likely N-dealkylation sites (N-methyl/N-ethyl adjacent to an activating group) is 1. The maximum Gasteiger partial charge on any atom is 0.259 e. The van der Waals surface area contributed by atoms with Crippen molar-refractivity contribution < 1.29 is 17.9 Å². The smallest absolute Gasteiger partial charge is 0.259 e. The fraction of sp³-hybridized carbons (Fsp3) is 0.278. The Morgan fingerprint density at radius 1 is 1.04 bits per heavy atom. The number of ether oxygens (including phenoxy) is 1. The highest BCUT2D eigenvalue weighted by Crippen LogP contribution is 2.16. The average Bonchev–Trinajstić information content (AvgIpc) is 2.60. The molecule has 0 aliphatic heterocycles. The van der Waals surface area contributed by atoms with Gasteiger partial charge in [-0.3, -0.25) is 4.79 Å². The summed E-state index contributed by atoms with van der Waals surface area (Å²) < 4.78 is 32.5. The molecule has 0 saturated heterocycles. The molecule has 0 aliphatic rings. The van der Waals surface area contributed by atoms with Gasteiger partial charge in [0, 0.05) is 20.6 Å². The second-order valence-corrected chi connectivity index (χ2v) is 7.45. The van der Waals surface area contributed by atoms with Gasteiger partial charge in [-0.1, -0.05) is 30.3 Å². The molecule has 0 bridgehead atoms. The fourth-order valence-corrected chi connectivity index (χ4v) is 3.08. The van der Waals surface area contributed by atoms with Crippen molar-refractivity contribution >= 4 is 15.9 Å². The first-order valence-electron chi connectivity index (χ1n) is 7.85. The Morgan fingerprint density at radius 3 is 2.28 bits per heavy atom. The fourth-order valence-electron chi connectivity index (χ4n) is 2.05. The highest BCUT2D eigenvalue weighted by Gasteiger charge is 2.13. The summed E-state index contributed by atoms with van der Waals surface area (Å²) in [5.74, 6) is 0.276. The van der Waals surface area contributed by atoms with Crippen molar-refractivity contribution in [3.8, 4) is 5.75 Å². The average molecular weight is 362 g/mol. The van der Waals surface area contributed by atoms with E-state index < -0.39 is 10.0 Å². The molecule has 0 aromatic heterocycles. The summed E-state index contributed by atoms with van der Waals surface area (Å²) in [6, 6.07) is 15.7. The van der Waals surface area contributed by atoms with Crippen molar-refractivity contribution in [2.45, 2.75) is 11.3 Å². The third-order valence-corrected chi connectivity index (χ3v) is 5.02. The normalized spacial score (nSPS) is 11.1. The van der Waals surface area contributed by atoms with Gasteiger partial charge in [-0.15, -0.1) is 0 Å². The van der Waals surface area contributed by atoms with E-state index >= 15 is 0 Å². The Labute approximate surface area is 148 Å². The van der Waals surface area contributed by atoms with Gasteiger partial charge in [0.25, 0.3) is 5.91 Å². The molecular weight excluding hydrogens is 340 g/mol. The maximum atomic E-state index is 12.3. The zero-order valence-corrected chi connectivity index (χ0v) is 15.1. The molecule has 6 nitrogen and oxygen atoms in total. The number of amides is 1. The second-order valence-electron chi connectivity index (χ2n) is 5.68. The summed E-state index contributed by atoms with van der Waals surface area (Å²) in [4.78, 5) is 13.1. The molecular formula is C18H22N2O4S. The predicted molar refractivity (Wildman–Crippen MR) is 96.0 cm³/mol. The molecule has 25 heavy (non-hydrogen) atoms. The zero-order chi connectivity index (χ0) is 18.3. The van der Waals surface area contributed by atoms with E-state index in [1.807, 2.05) is 30.3 Å². The number of nitrogens with one attached hydrogen (secondary N) is 1. The van der Waals surface area contributed by atoms with Crippen LogP contribution in [0.4, 0.5) is 0 Å². The van der Waals surface area contributed by atoms with Crippen LogP contribution in [0.15, 0.2) is 59.5 Å². The van der Waals surface area contributed by atoms with Gasteiger partial charge in [0.2, 0.25) is 10.0 Å². The highest BCUT2D eigenvalue weighted by atomic mass is 32.2. The maximum absolute atomic E-state index is 12.3. The molecule has 0 aliphatic carbocycles. The van der Waals surface area contributed by atoms with E-state index in [-0.39, 0.29) is 17.4 Å². The van der Waals surface area contributed by atoms with Gasteiger partial charge in [-0.25, -0.2) is 13.1 Å². The first kappa shape index (κ1) is 19.0. The van der Waals surface area contributed by atoms with Crippen molar-refractivity contribution in [1.29, 1.82) is 0 Å². The van der Waals surface area contributed by atoms with Gasteiger partial charge in [0.1, 0.15) is 5.75 Å². The van der Waals surface area contributed by atoms with Crippen LogP contribution in [-0.2, 0) is 21.2 Å². The van der Waals surface area contributed by atoms with Gasteiger partial charge < -0.3 is 9.64 Å². The third-order valence-electron chi connectivity index (χ3n) is 3.54. The van der Waals surface area contributed by atoms with Crippen LogP contribution in [0.1, 0.15) is 5.56 Å². The van der Waals surface area contributed by atoms with Crippen molar-refractivity contribution in [3.05, 3.63) is 60.2 Å². The number of carbonyl (C=O) groups excluding carboxylic acids is 1. The second kappa shape index (κ2) is 8.64. The molecule has 0 radical (unpaired) electrons. The Morgan fingerprint density at radius 2 is 1.68 bits per heavy atom. The number of benzene rings is 2. The SMILES string of the molecule is CN(C)C(=O)COc1ccc(S(=O)(=O)NCCc2ccccc2)cc1. The van der Waals surface area contributed by atoms with Gasteiger partial charge in [-0.2, -0.15) is 0 Å². The van der Waals surface area contributed by atoms with E-state index in [0.29, 0.717) is 18.7 Å². The van der Waals surface area contributed by atoms with Crippen LogP contribution in [0.25, 0.3) is 0 Å². The zero-order valence-electron chi connectivity index (χ0n) is 14.3. The highest BCUT2D eigenvalue weighted by molar-refractivity contribution is 7.89. The molecule has 0 heterocycles. The van der Waals surface area contributed by atoms with Gasteiger partial charge >= 0.3 is 0 Å². The Kier molecular flexibility index (Phi) is 6.55. The summed E-state index contributed by atoms with van der Waals surface area (Å²) >= 11 is 0. The summed E-state index contributed by atoms with van der Waals surface area (Å²) in [6.45, 7) is 0.232. The lowest BCUT2D eigenvalue weighted by atomic mass is 10.2. The molecule has 134 valence electrons. The standard InChI is InChI=1S/C18H22N2O4S/c1-20(2)18(21)14-24-16-8-10-17(11-9-16)25(22,23)19-13-12-15-6-4-3-5-7-15/h3-11,19H,12-14H2,1-2H3. The van der Waals surface area contributed by atoms with Crippen molar-refractivity contribution in [2.75, 3.05) is 27.2 Å². The number of rotatable bonds is 8. The summed E-state index contributed by atoms with van der Waals surface area (Å²) in [6.07, 6.45) is 0.619. The molecule has 0 fully saturated rings. The number of sulfonamides is 1. The molecule has 0 saturated carbocycles. The van der Waals surface area contributed by atoms with Crippen LogP contribution in [-0.4, -0.2) is 46.5 Å². The minimum Gasteiger partial charge on any atom is -0.484 e. The molecule has 0 unspecified atom stereocenters. The van der Waals surface area contributed by atoms with Gasteiger partial charge in [0.05, 0.1) is 4.90 Å². The van der Waals surface area contributed by atoms with E-state index in [4.69, 9.17) is 4.74 Å². The van der Waals surface area contributed by atoms with Crippen molar-refractivity contribution in [3.63, 3.8) is 0 Å². The Bertz CT molecular complexity index is 788. The van der Waals surface area contributed by atoms with Gasteiger partial charge in [0.15, 0.2) is 6.61 Å². The van der Waals surface area contributed by atoms with E-state index in [9.17, 15) is 13.2 Å². The minimum absolute atomic E-state index is 0.0889. The molecule has 2 rings (SSSR count). The Hall–Kier alpha value is -2.38. The van der Waals surface area contributed by atoms with Crippen LogP contribution >= 0.6 is 0 Å². The molecule has 2 aromatic carbocycles. The first-order chi connectivity index (χ1) is 11.9. The van der Waals surface area contributed by atoms with Crippen molar-refractivity contribution in [1.82, 2.24) is 9.62 Å². The molecule has 1 N–H and O–H groups in total. The summed E-state index contributed by atoms with van der Waals surface area (Å²) in [7, 11) is -0.290. The van der Waals surface area contributed by atoms with E-state index in [0.717, 1.165) is 5.56 Å². The lowest BCUT2D eigenvalue weighted by Gasteiger charge is -2.12. The molecule has 0 spiro atoms. The summed E-state index contributed by atoms with van der Waals surface area (Å²) in [5, 5.41) is 0. The number of hydrogen-bond donors (Lipinski definition) is 1. The quantitative estimate of drug-likeness (QED) is 0.775. The first-order valence-corrected chi connectivity index (χ1v) is 9.33. The molecule has 7 heteroatoms. The van der Waals surface area contributed by atoms with Crippen LogP contribution in [0.3, 0.4) is 0 Å². The van der Waals surface area contributed by atoms with Gasteiger partial charge in [-0.05, 0) is 36.2 Å². The van der Waals surface area contributed by atoms with E-state index in [1.54, 1.807) is 14.1 Å².